The topological polar surface area (TPSA) is 29.5 Å². The fourth-order valence-corrected chi connectivity index (χ4v) is 6.34. The highest BCUT2D eigenvalue weighted by atomic mass is 16.5. The molecule has 2 aromatic rings. The molecule has 0 amide bonds. The van der Waals surface area contributed by atoms with Crippen LogP contribution in [0.1, 0.15) is 64.7 Å². The molecule has 0 unspecified atom stereocenters. The van der Waals surface area contributed by atoms with Gasteiger partial charge in [-0.3, -0.25) is 0 Å². The monoisotopic (exact) mass is 397 g/mol. The maximum absolute atomic E-state index is 12.7. The molecule has 0 saturated heterocycles. The normalized spacial score (nSPS) is 30.0. The average molecular weight is 398 g/mol. The van der Waals surface area contributed by atoms with E-state index in [0.717, 1.165) is 19.4 Å². The minimum absolute atomic E-state index is 0.198. The van der Waals surface area contributed by atoms with Gasteiger partial charge in [-0.1, -0.05) is 54.6 Å². The predicted molar refractivity (Wildman–Crippen MR) is 119 cm³/mol. The number of hydrogen-bond donors (Lipinski definition) is 0. The van der Waals surface area contributed by atoms with Crippen LogP contribution in [-0.4, -0.2) is 19.1 Å². The molecule has 2 heterocycles. The molecule has 2 aliphatic heterocycles. The Morgan fingerprint density at radius 2 is 1.77 bits per heavy atom. The van der Waals surface area contributed by atoms with Gasteiger partial charge >= 0.3 is 5.97 Å². The van der Waals surface area contributed by atoms with Crippen molar-refractivity contribution in [1.29, 1.82) is 0 Å². The molecule has 0 radical (unpaired) electrons. The average Bonchev–Trinajstić information content (AvgIpc) is 3.44. The summed E-state index contributed by atoms with van der Waals surface area (Å²) in [5.74, 6) is 1.66. The Morgan fingerprint density at radius 3 is 2.57 bits per heavy atom. The Kier molecular flexibility index (Phi) is 4.12. The number of anilines is 1. The first-order valence-electron chi connectivity index (χ1n) is 11.3. The summed E-state index contributed by atoms with van der Waals surface area (Å²) < 4.78 is 5.39. The molecule has 4 aliphatic rings. The lowest BCUT2D eigenvalue weighted by Gasteiger charge is -2.51. The fraction of sp³-hybridized carbons (Fsp3) is 0.370. The number of allylic oxidation sites excluding steroid dienone is 4. The molecule has 152 valence electrons. The second-order valence-electron chi connectivity index (χ2n) is 9.03. The third kappa shape index (κ3) is 2.54. The number of carbonyl (C=O) groups excluding carboxylic acids is 1. The standard InChI is InChI=1S/C27H27NO2/c1-2-30-27(29)19-14-23-20-11-6-10-18(20)16-28-25(17-8-4-3-5-9-17)22-13-7-12-21(22)24(15-19)26(23)28/h3-9,11-12,14-15,18,20-22,25H,2,10,13,16H2,1H3/t18-,20+,21-,22+,25+/m1/s1. The molecule has 0 bridgehead atoms. The van der Waals surface area contributed by atoms with Crippen molar-refractivity contribution in [1.82, 2.24) is 0 Å². The third-order valence-electron chi connectivity index (χ3n) is 7.50. The van der Waals surface area contributed by atoms with Crippen LogP contribution in [0.15, 0.2) is 66.8 Å². The summed E-state index contributed by atoms with van der Waals surface area (Å²) >= 11 is 0. The summed E-state index contributed by atoms with van der Waals surface area (Å²) in [5, 5.41) is 0. The van der Waals surface area contributed by atoms with Crippen LogP contribution in [0.4, 0.5) is 5.69 Å². The number of fused-ring (bicyclic) bond motifs is 4. The van der Waals surface area contributed by atoms with Crippen molar-refractivity contribution in [3.63, 3.8) is 0 Å². The van der Waals surface area contributed by atoms with E-state index < -0.39 is 0 Å². The molecule has 0 aromatic heterocycles. The minimum atomic E-state index is -0.198. The Morgan fingerprint density at radius 1 is 1.03 bits per heavy atom. The van der Waals surface area contributed by atoms with E-state index in [-0.39, 0.29) is 5.97 Å². The Labute approximate surface area is 178 Å². The summed E-state index contributed by atoms with van der Waals surface area (Å²) in [4.78, 5) is 15.4. The first-order valence-corrected chi connectivity index (χ1v) is 11.3. The van der Waals surface area contributed by atoms with Gasteiger partial charge in [-0.25, -0.2) is 4.79 Å². The molecular formula is C27H27NO2. The zero-order chi connectivity index (χ0) is 20.2. The Bertz CT molecular complexity index is 1040. The number of carbonyl (C=O) groups is 1. The van der Waals surface area contributed by atoms with Crippen molar-refractivity contribution >= 4 is 11.7 Å². The minimum Gasteiger partial charge on any atom is -0.462 e. The van der Waals surface area contributed by atoms with Crippen molar-refractivity contribution < 1.29 is 9.53 Å². The maximum atomic E-state index is 12.7. The highest BCUT2D eigenvalue weighted by molar-refractivity contribution is 5.92. The van der Waals surface area contributed by atoms with Crippen molar-refractivity contribution in [2.24, 2.45) is 11.8 Å². The molecule has 0 spiro atoms. The van der Waals surface area contributed by atoms with Gasteiger partial charge < -0.3 is 9.64 Å². The lowest BCUT2D eigenvalue weighted by Crippen LogP contribution is -2.46. The summed E-state index contributed by atoms with van der Waals surface area (Å²) in [6, 6.07) is 15.6. The summed E-state index contributed by atoms with van der Waals surface area (Å²) in [7, 11) is 0. The SMILES string of the molecule is CCOC(=O)c1cc2c3c(c1)[C@@H]1C=CC[C@@H]1[C@H](c1ccccc1)N3C[C@H]1CC=C[C@H]21. The van der Waals surface area contributed by atoms with E-state index in [1.54, 1.807) is 0 Å². The zero-order valence-electron chi connectivity index (χ0n) is 17.3. The smallest absolute Gasteiger partial charge is 0.338 e. The Hall–Kier alpha value is -2.81. The number of nitrogens with zero attached hydrogens (tertiary/aromatic N) is 1. The lowest BCUT2D eigenvalue weighted by atomic mass is 9.70. The molecule has 0 saturated carbocycles. The van der Waals surface area contributed by atoms with Crippen LogP contribution in [0.2, 0.25) is 0 Å². The van der Waals surface area contributed by atoms with Crippen LogP contribution in [0, 0.1) is 11.8 Å². The van der Waals surface area contributed by atoms with E-state index in [0.29, 0.717) is 41.9 Å². The molecule has 30 heavy (non-hydrogen) atoms. The lowest BCUT2D eigenvalue weighted by molar-refractivity contribution is 0.0526. The molecule has 3 nitrogen and oxygen atoms in total. The number of esters is 1. The van der Waals surface area contributed by atoms with Crippen LogP contribution in [0.5, 0.6) is 0 Å². The van der Waals surface area contributed by atoms with Gasteiger partial charge in [0.1, 0.15) is 0 Å². The van der Waals surface area contributed by atoms with Gasteiger partial charge in [-0.15, -0.1) is 0 Å². The number of ether oxygens (including phenoxy) is 1. The molecule has 0 fully saturated rings. The van der Waals surface area contributed by atoms with Crippen molar-refractivity contribution in [3.05, 3.63) is 89.0 Å². The summed E-state index contributed by atoms with van der Waals surface area (Å²) in [6.07, 6.45) is 11.6. The van der Waals surface area contributed by atoms with Gasteiger partial charge in [0.05, 0.1) is 18.2 Å². The molecule has 3 heteroatoms. The van der Waals surface area contributed by atoms with E-state index >= 15 is 0 Å². The summed E-state index contributed by atoms with van der Waals surface area (Å²) in [6.45, 7) is 3.36. The van der Waals surface area contributed by atoms with Gasteiger partial charge in [0, 0.05) is 24.1 Å². The van der Waals surface area contributed by atoms with Gasteiger partial charge in [-0.05, 0) is 60.4 Å². The Balaban J connectivity index is 1.57. The number of hydrogen-bond acceptors (Lipinski definition) is 3. The van der Waals surface area contributed by atoms with E-state index in [2.05, 4.69) is 71.7 Å². The highest BCUT2D eigenvalue weighted by Crippen LogP contribution is 2.58. The molecule has 0 N–H and O–H groups in total. The van der Waals surface area contributed by atoms with Crippen LogP contribution in [0.3, 0.4) is 0 Å². The van der Waals surface area contributed by atoms with E-state index in [4.69, 9.17) is 4.74 Å². The number of rotatable bonds is 3. The fourth-order valence-electron chi connectivity index (χ4n) is 6.34. The van der Waals surface area contributed by atoms with Crippen LogP contribution < -0.4 is 4.90 Å². The first kappa shape index (κ1) is 18.0. The molecule has 6 rings (SSSR count). The highest BCUT2D eigenvalue weighted by Gasteiger charge is 2.48. The second kappa shape index (κ2) is 6.87. The van der Waals surface area contributed by atoms with Crippen LogP contribution >= 0.6 is 0 Å². The van der Waals surface area contributed by atoms with E-state index in [9.17, 15) is 4.79 Å². The van der Waals surface area contributed by atoms with Crippen molar-refractivity contribution in [3.8, 4) is 0 Å². The van der Waals surface area contributed by atoms with Gasteiger partial charge in [0.15, 0.2) is 0 Å². The third-order valence-corrected chi connectivity index (χ3v) is 7.50. The van der Waals surface area contributed by atoms with Gasteiger partial charge in [0.2, 0.25) is 0 Å². The van der Waals surface area contributed by atoms with E-state index in [1.165, 1.54) is 22.4 Å². The van der Waals surface area contributed by atoms with E-state index in [1.807, 2.05) is 6.92 Å². The second-order valence-corrected chi connectivity index (χ2v) is 9.03. The first-order chi connectivity index (χ1) is 14.8. The molecule has 5 atom stereocenters. The molecule has 2 aromatic carbocycles. The maximum Gasteiger partial charge on any atom is 0.338 e. The predicted octanol–water partition coefficient (Wildman–Crippen LogP) is 5.76. The van der Waals surface area contributed by atoms with Crippen LogP contribution in [0.25, 0.3) is 0 Å². The van der Waals surface area contributed by atoms with Crippen LogP contribution in [-0.2, 0) is 4.74 Å². The molecule has 2 aliphatic carbocycles. The quantitative estimate of drug-likeness (QED) is 0.487. The number of benzene rings is 2. The zero-order valence-corrected chi connectivity index (χ0v) is 17.3. The van der Waals surface area contributed by atoms with Crippen molar-refractivity contribution in [2.75, 3.05) is 18.1 Å². The van der Waals surface area contributed by atoms with Gasteiger partial charge in [-0.2, -0.15) is 0 Å². The largest absolute Gasteiger partial charge is 0.462 e. The summed E-state index contributed by atoms with van der Waals surface area (Å²) in [5.41, 5.74) is 6.13. The van der Waals surface area contributed by atoms with Crippen molar-refractivity contribution in [2.45, 2.75) is 37.6 Å². The van der Waals surface area contributed by atoms with Gasteiger partial charge in [0.25, 0.3) is 0 Å². The molecular weight excluding hydrogens is 370 g/mol.